The third-order valence-corrected chi connectivity index (χ3v) is 8.52. The average Bonchev–Trinajstić information content (AvgIpc) is 3.59. The summed E-state index contributed by atoms with van der Waals surface area (Å²) in [5, 5.41) is 0. The quantitative estimate of drug-likeness (QED) is 0.515. The molecule has 8 heteroatoms. The van der Waals surface area contributed by atoms with Crippen molar-refractivity contribution in [3.05, 3.63) is 83.8 Å². The normalized spacial score (nSPS) is 23.8. The number of nitrogens with zero attached hydrogens (tertiary/aromatic N) is 5. The lowest BCUT2D eigenvalue weighted by Gasteiger charge is -2.36. The summed E-state index contributed by atoms with van der Waals surface area (Å²) in [6.45, 7) is 4.71. The third kappa shape index (κ3) is 3.57. The van der Waals surface area contributed by atoms with Gasteiger partial charge < -0.3 is 19.4 Å². The van der Waals surface area contributed by atoms with Crippen molar-refractivity contribution in [2.75, 3.05) is 49.1 Å². The summed E-state index contributed by atoms with van der Waals surface area (Å²) in [6.07, 6.45) is 7.41. The highest BCUT2D eigenvalue weighted by molar-refractivity contribution is 5.95. The van der Waals surface area contributed by atoms with E-state index in [1.807, 2.05) is 23.2 Å². The van der Waals surface area contributed by atoms with Gasteiger partial charge in [0.15, 0.2) is 5.60 Å². The van der Waals surface area contributed by atoms with E-state index >= 15 is 0 Å². The molecule has 5 heterocycles. The van der Waals surface area contributed by atoms with Gasteiger partial charge in [0.05, 0.1) is 17.5 Å². The number of fused-ring (bicyclic) bond motifs is 2. The molecule has 1 unspecified atom stereocenters. The summed E-state index contributed by atoms with van der Waals surface area (Å²) in [4.78, 5) is 41.6. The highest BCUT2D eigenvalue weighted by atomic mass is 16.6. The Labute approximate surface area is 215 Å². The number of piperazine rings is 1. The van der Waals surface area contributed by atoms with Gasteiger partial charge in [-0.3, -0.25) is 9.78 Å². The van der Waals surface area contributed by atoms with Gasteiger partial charge in [-0.25, -0.2) is 9.78 Å². The Hall–Kier alpha value is -3.94. The number of hydrogen-bond acceptors (Lipinski definition) is 7. The number of carbonyl (C=O) groups is 2. The molecule has 1 spiro atoms. The number of amides is 1. The Bertz CT molecular complexity index is 1350. The first-order valence-electron chi connectivity index (χ1n) is 13.1. The minimum atomic E-state index is -0.745. The van der Waals surface area contributed by atoms with Crippen molar-refractivity contribution in [2.24, 2.45) is 0 Å². The summed E-state index contributed by atoms with van der Waals surface area (Å²) in [5.41, 5.74) is 2.36. The molecule has 7 rings (SSSR count). The molecule has 2 saturated heterocycles. The van der Waals surface area contributed by atoms with E-state index < -0.39 is 11.0 Å². The van der Waals surface area contributed by atoms with Gasteiger partial charge >= 0.3 is 5.97 Å². The fraction of sp³-hybridized carbons (Fsp3) is 0.379. The zero-order chi connectivity index (χ0) is 25.0. The lowest BCUT2D eigenvalue weighted by Crippen LogP contribution is -2.46. The van der Waals surface area contributed by atoms with E-state index in [0.717, 1.165) is 56.0 Å². The summed E-state index contributed by atoms with van der Waals surface area (Å²) in [5.74, 6) is 0.736. The molecule has 3 aliphatic heterocycles. The van der Waals surface area contributed by atoms with Gasteiger partial charge in [-0.2, -0.15) is 0 Å². The average molecular weight is 496 g/mol. The van der Waals surface area contributed by atoms with Gasteiger partial charge in [-0.05, 0) is 42.7 Å². The predicted octanol–water partition coefficient (Wildman–Crippen LogP) is 3.13. The first-order chi connectivity index (χ1) is 18.1. The topological polar surface area (TPSA) is 78.9 Å². The molecule has 0 N–H and O–H groups in total. The van der Waals surface area contributed by atoms with E-state index in [4.69, 9.17) is 9.72 Å². The Morgan fingerprint density at radius 2 is 1.65 bits per heavy atom. The minimum Gasteiger partial charge on any atom is -0.449 e. The lowest BCUT2D eigenvalue weighted by molar-refractivity contribution is -0.134. The number of esters is 1. The smallest absolute Gasteiger partial charge is 0.341 e. The standard InChI is InChI=1S/C29H29N5O3/c35-26-23-19-30-12-8-24(23)29(37-26)11-13-34(20-29)27(36)28(9-10-28)21-6-7-25(31-18-21)33-16-14-32(15-17-33)22-4-2-1-3-5-22/h1-8,12,18-19H,9-11,13-17,20H2. The maximum atomic E-state index is 13.8. The molecule has 37 heavy (non-hydrogen) atoms. The highest BCUT2D eigenvalue weighted by Gasteiger charge is 2.58. The molecular weight excluding hydrogens is 466 g/mol. The van der Waals surface area contributed by atoms with Crippen LogP contribution in [0.15, 0.2) is 67.1 Å². The first kappa shape index (κ1) is 22.3. The number of likely N-dealkylation sites (tertiary alicyclic amines) is 1. The predicted molar refractivity (Wildman–Crippen MR) is 139 cm³/mol. The molecule has 3 aromatic rings. The molecule has 3 fully saturated rings. The second-order valence-electron chi connectivity index (χ2n) is 10.6. The molecule has 4 aliphatic rings. The second-order valence-corrected chi connectivity index (χ2v) is 10.6. The summed E-state index contributed by atoms with van der Waals surface area (Å²) < 4.78 is 5.82. The van der Waals surface area contributed by atoms with Crippen LogP contribution in [0.2, 0.25) is 0 Å². The monoisotopic (exact) mass is 495 g/mol. The van der Waals surface area contributed by atoms with Crippen molar-refractivity contribution in [1.82, 2.24) is 14.9 Å². The SMILES string of the molecule is O=C1OC2(CCN(C(=O)C3(c4ccc(N5CCN(c6ccccc6)CC5)nc4)CC3)C2)c2ccncc21. The van der Waals surface area contributed by atoms with Crippen LogP contribution in [0.25, 0.3) is 0 Å². The molecule has 2 aromatic heterocycles. The van der Waals surface area contributed by atoms with E-state index in [-0.39, 0.29) is 11.9 Å². The highest BCUT2D eigenvalue weighted by Crippen LogP contribution is 2.52. The van der Waals surface area contributed by atoms with E-state index in [1.54, 1.807) is 12.4 Å². The fourth-order valence-corrected chi connectivity index (χ4v) is 6.24. The van der Waals surface area contributed by atoms with Crippen LogP contribution in [0.1, 0.15) is 40.7 Å². The zero-order valence-electron chi connectivity index (χ0n) is 20.7. The fourth-order valence-electron chi connectivity index (χ4n) is 6.24. The van der Waals surface area contributed by atoms with Gasteiger partial charge in [0.2, 0.25) is 5.91 Å². The van der Waals surface area contributed by atoms with Gasteiger partial charge in [0.25, 0.3) is 0 Å². The van der Waals surface area contributed by atoms with Gasteiger partial charge in [0.1, 0.15) is 5.82 Å². The van der Waals surface area contributed by atoms with E-state index in [2.05, 4.69) is 51.2 Å². The molecule has 0 radical (unpaired) electrons. The Balaban J connectivity index is 1.03. The lowest BCUT2D eigenvalue weighted by atomic mass is 9.92. The van der Waals surface area contributed by atoms with Crippen molar-refractivity contribution in [3.8, 4) is 0 Å². The number of hydrogen-bond donors (Lipinski definition) is 0. The largest absolute Gasteiger partial charge is 0.449 e. The molecular formula is C29H29N5O3. The number of para-hydroxylation sites is 1. The van der Waals surface area contributed by atoms with Crippen molar-refractivity contribution < 1.29 is 14.3 Å². The minimum absolute atomic E-state index is 0.119. The molecule has 8 nitrogen and oxygen atoms in total. The molecule has 1 aliphatic carbocycles. The summed E-state index contributed by atoms with van der Waals surface area (Å²) >= 11 is 0. The second kappa shape index (κ2) is 8.30. The number of rotatable bonds is 4. The number of pyridine rings is 2. The summed E-state index contributed by atoms with van der Waals surface area (Å²) in [6, 6.07) is 16.5. The molecule has 188 valence electrons. The first-order valence-corrected chi connectivity index (χ1v) is 13.1. The Morgan fingerprint density at radius 3 is 2.38 bits per heavy atom. The van der Waals surface area contributed by atoms with Crippen molar-refractivity contribution >= 4 is 23.4 Å². The summed E-state index contributed by atoms with van der Waals surface area (Å²) in [7, 11) is 0. The van der Waals surface area contributed by atoms with Crippen LogP contribution in [0.3, 0.4) is 0 Å². The van der Waals surface area contributed by atoms with Crippen LogP contribution in [-0.4, -0.2) is 66.0 Å². The molecule has 1 saturated carbocycles. The zero-order valence-corrected chi connectivity index (χ0v) is 20.7. The Kier molecular flexibility index (Phi) is 4.99. The van der Waals surface area contributed by atoms with Crippen LogP contribution in [-0.2, 0) is 20.5 Å². The number of carbonyl (C=O) groups excluding carboxylic acids is 2. The van der Waals surface area contributed by atoms with Crippen LogP contribution in [0.5, 0.6) is 0 Å². The van der Waals surface area contributed by atoms with Crippen LogP contribution in [0, 0.1) is 0 Å². The van der Waals surface area contributed by atoms with Crippen molar-refractivity contribution in [3.63, 3.8) is 0 Å². The van der Waals surface area contributed by atoms with Gasteiger partial charge in [-0.1, -0.05) is 24.3 Å². The Morgan fingerprint density at radius 1 is 0.865 bits per heavy atom. The van der Waals surface area contributed by atoms with Crippen molar-refractivity contribution in [2.45, 2.75) is 30.3 Å². The number of anilines is 2. The maximum absolute atomic E-state index is 13.8. The van der Waals surface area contributed by atoms with Crippen LogP contribution < -0.4 is 9.80 Å². The number of ether oxygens (including phenoxy) is 1. The number of benzene rings is 1. The van der Waals surface area contributed by atoms with Gasteiger partial charge in [0, 0.05) is 69.0 Å². The number of aromatic nitrogens is 2. The van der Waals surface area contributed by atoms with E-state index in [9.17, 15) is 9.59 Å². The maximum Gasteiger partial charge on any atom is 0.341 e. The third-order valence-electron chi connectivity index (χ3n) is 8.52. The van der Waals surface area contributed by atoms with Crippen LogP contribution in [0.4, 0.5) is 11.5 Å². The van der Waals surface area contributed by atoms with Gasteiger partial charge in [-0.15, -0.1) is 0 Å². The molecule has 1 atom stereocenters. The molecule has 0 bridgehead atoms. The molecule has 1 aromatic carbocycles. The van der Waals surface area contributed by atoms with Crippen LogP contribution >= 0.6 is 0 Å². The van der Waals surface area contributed by atoms with E-state index in [0.29, 0.717) is 25.1 Å². The van der Waals surface area contributed by atoms with E-state index in [1.165, 1.54) is 5.69 Å². The molecule has 1 amide bonds. The van der Waals surface area contributed by atoms with Crippen molar-refractivity contribution in [1.29, 1.82) is 0 Å².